The van der Waals surface area contributed by atoms with Gasteiger partial charge in [-0.2, -0.15) is 0 Å². The van der Waals surface area contributed by atoms with Crippen LogP contribution in [-0.2, 0) is 91.5 Å². The summed E-state index contributed by atoms with van der Waals surface area (Å²) in [4.78, 5) is 75.2. The minimum Gasteiger partial charge on any atom is -0.481 e. The van der Waals surface area contributed by atoms with Gasteiger partial charge in [0.25, 0.3) is 0 Å². The molecule has 626 valence electrons. The summed E-state index contributed by atoms with van der Waals surface area (Å²) < 4.78 is 89.2. The first-order valence-electron chi connectivity index (χ1n) is 40.1. The first-order valence-corrected chi connectivity index (χ1v) is 43.1. The zero-order valence-electron chi connectivity index (χ0n) is 64.8. The average molecular weight is 1820 g/mol. The van der Waals surface area contributed by atoms with Crippen molar-refractivity contribution >= 4 is 133 Å². The summed E-state index contributed by atoms with van der Waals surface area (Å²) in [5, 5.41) is 27.7. The predicted molar refractivity (Wildman–Crippen MR) is 443 cm³/mol. The number of carboxylic acids is 1. The van der Waals surface area contributed by atoms with Crippen molar-refractivity contribution in [2.75, 3.05) is 23.0 Å². The van der Waals surface area contributed by atoms with E-state index in [-0.39, 0.29) is 146 Å². The summed E-state index contributed by atoms with van der Waals surface area (Å²) in [6.45, 7) is 4.99. The van der Waals surface area contributed by atoms with E-state index in [0.29, 0.717) is 150 Å². The Balaban J connectivity index is 0.000000130. The number of ether oxygens (including phenoxy) is 5. The number of carbonyl (C=O) groups excluding carboxylic acids is 5. The number of rotatable bonds is 28. The molecule has 6 heterocycles. The number of fused-ring (bicyclic) bond motifs is 6. The zero-order chi connectivity index (χ0) is 83.6. The molecule has 9 atom stereocenters. The second-order valence-corrected chi connectivity index (χ2v) is 34.6. The van der Waals surface area contributed by atoms with Crippen molar-refractivity contribution in [3.05, 3.63) is 212 Å². The molecular formula is C88H84BrCl6F3N6O15. The lowest BCUT2D eigenvalue weighted by atomic mass is 10.0. The number of amides is 3. The van der Waals surface area contributed by atoms with E-state index in [4.69, 9.17) is 112 Å². The number of carboxylic acid groups (broad SMARTS) is 1. The van der Waals surface area contributed by atoms with Crippen LogP contribution in [0.2, 0.25) is 30.1 Å². The minimum absolute atomic E-state index is 0.0448. The molecular weight excluding hydrogens is 1730 g/mol. The lowest BCUT2D eigenvalue weighted by Crippen LogP contribution is -2.43. The molecule has 3 saturated heterocycles. The van der Waals surface area contributed by atoms with E-state index in [2.05, 4.69) is 36.7 Å². The van der Waals surface area contributed by atoms with Crippen LogP contribution in [-0.4, -0.2) is 106 Å². The highest BCUT2D eigenvalue weighted by atomic mass is 79.9. The molecule has 119 heavy (non-hydrogen) atoms. The van der Waals surface area contributed by atoms with Gasteiger partial charge < -0.3 is 57.5 Å². The van der Waals surface area contributed by atoms with Gasteiger partial charge in [0.1, 0.15) is 51.8 Å². The maximum absolute atomic E-state index is 15.1. The highest BCUT2D eigenvalue weighted by Crippen LogP contribution is 2.52. The van der Waals surface area contributed by atoms with Gasteiger partial charge in [-0.15, -0.1) is 0 Å². The molecule has 18 rings (SSSR count). The number of hydrogen-bond acceptors (Lipinski definition) is 17. The molecule has 21 nitrogen and oxygen atoms in total. The van der Waals surface area contributed by atoms with Gasteiger partial charge in [0.2, 0.25) is 17.7 Å². The van der Waals surface area contributed by atoms with Crippen LogP contribution in [0.1, 0.15) is 179 Å². The Bertz CT molecular complexity index is 5270. The van der Waals surface area contributed by atoms with E-state index in [0.717, 1.165) is 90.9 Å². The number of carbonyl (C=O) groups is 6. The van der Waals surface area contributed by atoms with Crippen LogP contribution >= 0.6 is 85.5 Å². The van der Waals surface area contributed by atoms with Gasteiger partial charge >= 0.3 is 17.9 Å². The van der Waals surface area contributed by atoms with Gasteiger partial charge in [-0.25, -0.2) is 13.2 Å². The summed E-state index contributed by atoms with van der Waals surface area (Å²) in [5.74, 6) is -0.386. The van der Waals surface area contributed by atoms with Gasteiger partial charge in [0, 0.05) is 88.5 Å². The quantitative estimate of drug-likeness (QED) is 0.0432. The third-order valence-corrected chi connectivity index (χ3v) is 25.7. The number of esters is 2. The molecule has 9 aliphatic rings. The van der Waals surface area contributed by atoms with Crippen molar-refractivity contribution < 1.29 is 84.3 Å². The fourth-order valence-electron chi connectivity index (χ4n) is 16.9. The second kappa shape index (κ2) is 37.6. The molecule has 0 spiro atoms. The smallest absolute Gasteiger partial charge is 0.306 e. The fraction of sp³-hybridized carbons (Fsp3) is 0.420. The van der Waals surface area contributed by atoms with Crippen LogP contribution in [0, 0.1) is 35.2 Å². The lowest BCUT2D eigenvalue weighted by Gasteiger charge is -2.31. The molecule has 9 aromatic rings. The van der Waals surface area contributed by atoms with Crippen LogP contribution < -0.4 is 15.1 Å². The third kappa shape index (κ3) is 19.3. The molecule has 0 unspecified atom stereocenters. The van der Waals surface area contributed by atoms with Crippen molar-refractivity contribution in [1.29, 1.82) is 0 Å². The Morgan fingerprint density at radius 3 is 1.15 bits per heavy atom. The summed E-state index contributed by atoms with van der Waals surface area (Å²) in [5.41, 5.74) is 8.74. The third-order valence-electron chi connectivity index (χ3n) is 23.2. The lowest BCUT2D eigenvalue weighted by molar-refractivity contribution is -0.144. The summed E-state index contributed by atoms with van der Waals surface area (Å²) >= 11 is 41.7. The van der Waals surface area contributed by atoms with E-state index in [1.807, 2.05) is 0 Å². The minimum atomic E-state index is -0.940. The van der Waals surface area contributed by atoms with Crippen LogP contribution in [0.4, 0.5) is 24.5 Å². The molecule has 3 aliphatic heterocycles. The normalized spacial score (nSPS) is 21.7. The van der Waals surface area contributed by atoms with Crippen molar-refractivity contribution in [2.24, 2.45) is 17.8 Å². The van der Waals surface area contributed by atoms with Crippen LogP contribution in [0.25, 0.3) is 33.8 Å². The number of hydrogen-bond donors (Lipinski definition) is 2. The van der Waals surface area contributed by atoms with E-state index >= 15 is 4.39 Å². The van der Waals surface area contributed by atoms with Crippen LogP contribution in [0.5, 0.6) is 0 Å². The molecule has 0 radical (unpaired) electrons. The highest BCUT2D eigenvalue weighted by Gasteiger charge is 2.55. The van der Waals surface area contributed by atoms with Gasteiger partial charge in [-0.3, -0.25) is 28.8 Å². The number of nitrogens with zero attached hydrogens (tertiary/aromatic N) is 5. The van der Waals surface area contributed by atoms with E-state index in [1.165, 1.54) is 23.1 Å². The number of aromatic nitrogens is 3. The number of anilines is 2. The molecule has 9 fully saturated rings. The Kier molecular flexibility index (Phi) is 27.0. The molecule has 31 heteroatoms. The number of nitrogens with one attached hydrogen (secondary N) is 1. The van der Waals surface area contributed by atoms with E-state index in [9.17, 15) is 37.5 Å². The Labute approximate surface area is 722 Å². The van der Waals surface area contributed by atoms with Crippen LogP contribution in [0.15, 0.2) is 127 Å². The number of piperidine rings is 3. The number of benzene rings is 6. The summed E-state index contributed by atoms with van der Waals surface area (Å²) in [6.07, 6.45) is 11.2. The van der Waals surface area contributed by atoms with Crippen LogP contribution in [0.3, 0.4) is 0 Å². The first kappa shape index (κ1) is 85.6. The van der Waals surface area contributed by atoms with Gasteiger partial charge in [-0.05, 0) is 216 Å². The molecule has 6 saturated carbocycles. The van der Waals surface area contributed by atoms with Crippen molar-refractivity contribution in [3.63, 3.8) is 0 Å². The Hall–Kier alpha value is -8.34. The number of aliphatic carboxylic acids is 1. The molecule has 6 aliphatic carbocycles. The largest absolute Gasteiger partial charge is 0.481 e. The predicted octanol–water partition coefficient (Wildman–Crippen LogP) is 20.7. The number of halogens is 10. The van der Waals surface area contributed by atoms with Gasteiger partial charge in [0.05, 0.1) is 115 Å². The molecule has 3 aromatic heterocycles. The fourth-order valence-corrected chi connectivity index (χ4v) is 18.9. The summed E-state index contributed by atoms with van der Waals surface area (Å²) in [7, 11) is 0. The average Bonchev–Trinajstić information content (AvgIpc) is 1.60. The van der Waals surface area contributed by atoms with Crippen molar-refractivity contribution in [2.45, 2.75) is 203 Å². The maximum atomic E-state index is 15.1. The van der Waals surface area contributed by atoms with E-state index in [1.54, 1.807) is 110 Å². The standard InChI is InChI=1S/C30H29Cl2FN2O5.C28H25Cl2FN2O5.C19H18Cl2N2O3.C11H12BrFO2/c1-2-38-26(36)11-7-16-6-10-24(23(33)12-16)35-18-13-19(30(35)37)25(14-18)39-15-20-28(34-40-29(20)17-8-9-17)27-21(31)4-3-5-22(27)32;29-19-2-1-3-20(30)25(19)26-18(27(38-32-26)15-6-7-15)13-37-23-12-16-11-17(23)28(36)33(16)22-8-4-14(10-21(22)31)5-9-24(34)35;20-13-2-1-3-14(21)16(13)17-12(18(26-23-17)9-4-5-9)8-25-15-7-10-6-11(15)19(24)22-10;1-2-15-11(14)6-4-8-3-5-9(12)10(13)7-8/h3-6,10,12,17-19,25H,2,7-9,11,13-15H2,1H3;1-4,8,10,15-17,23H,5-7,9,11-13H2,(H,34,35);1-3,9-11,15H,4-8H2,(H,22,24);3,5,7H,2,4,6H2,1H3/t18-,19+,25+;16-,17+,23+;10-,11+,15+;/m000./s1. The van der Waals surface area contributed by atoms with E-state index < -0.39 is 17.6 Å². The molecule has 6 aromatic carbocycles. The molecule has 6 bridgehead atoms. The molecule has 3 amide bonds. The van der Waals surface area contributed by atoms with Gasteiger partial charge in [0.15, 0.2) is 0 Å². The molecule has 2 N–H and O–H groups in total. The monoisotopic (exact) mass is 1810 g/mol. The van der Waals surface area contributed by atoms with Gasteiger partial charge in [-0.1, -0.05) is 121 Å². The zero-order valence-corrected chi connectivity index (χ0v) is 70.9. The van der Waals surface area contributed by atoms with Crippen molar-refractivity contribution in [3.8, 4) is 33.8 Å². The second-order valence-electron chi connectivity index (χ2n) is 31.3. The Morgan fingerprint density at radius 1 is 0.479 bits per heavy atom. The maximum Gasteiger partial charge on any atom is 0.306 e. The Morgan fingerprint density at radius 2 is 0.832 bits per heavy atom. The topological polar surface area (TPSA) is 265 Å². The SMILES string of the molecule is CCOC(=O)CCc1ccc(Br)c(F)c1.CCOC(=O)CCc1ccc(N2C(=O)[C@@H]3C[C@H]2C[C@H]3OCc2c(-c3c(Cl)cccc3Cl)noc2C2CC2)c(F)c1.O=C(O)CCc1ccc(N2C(=O)[C@@H]3C[C@H]2C[C@H]3OCc2c(-c3c(Cl)cccc3Cl)noc2C2CC2)c(F)c1.O=C1N[C@@H]2C[C@@H](OCc3c(-c4c(Cl)cccc4Cl)noc3C3CC3)[C@H]1C2. The van der Waals surface area contributed by atoms with Crippen molar-refractivity contribution in [1.82, 2.24) is 20.8 Å². The number of aryl methyl sites for hydroxylation is 3. The highest BCUT2D eigenvalue weighted by molar-refractivity contribution is 9.10. The first-order chi connectivity index (χ1) is 57.4. The summed E-state index contributed by atoms with van der Waals surface area (Å²) in [6, 6.07) is 30.1.